The van der Waals surface area contributed by atoms with Crippen LogP contribution in [0.2, 0.25) is 0 Å². The monoisotopic (exact) mass is 183 g/mol. The van der Waals surface area contributed by atoms with Crippen molar-refractivity contribution in [1.29, 1.82) is 0 Å². The van der Waals surface area contributed by atoms with Gasteiger partial charge in [0.05, 0.1) is 18.3 Å². The van der Waals surface area contributed by atoms with Gasteiger partial charge in [-0.15, -0.1) is 0 Å². The number of hydrogen-bond donors (Lipinski definition) is 2. The Kier molecular flexibility index (Phi) is 3.02. The van der Waals surface area contributed by atoms with Gasteiger partial charge in [0.25, 0.3) is 0 Å². The van der Waals surface area contributed by atoms with Gasteiger partial charge in [0.2, 0.25) is 5.91 Å². The highest BCUT2D eigenvalue weighted by Crippen LogP contribution is 2.08. The first-order valence-corrected chi connectivity index (χ1v) is 4.01. The Labute approximate surface area is 76.4 Å². The molecule has 0 unspecified atom stereocenters. The number of carbonyl (C=O) groups is 1. The fraction of sp³-hybridized carbons (Fsp3) is 0.500. The lowest BCUT2D eigenvalue weighted by Crippen LogP contribution is -2.28. The van der Waals surface area contributed by atoms with Crippen LogP contribution in [0.3, 0.4) is 0 Å². The molecule has 1 heterocycles. The molecule has 13 heavy (non-hydrogen) atoms. The molecule has 1 amide bonds. The van der Waals surface area contributed by atoms with E-state index in [0.29, 0.717) is 5.69 Å². The summed E-state index contributed by atoms with van der Waals surface area (Å²) in [4.78, 5) is 10.7. The van der Waals surface area contributed by atoms with Gasteiger partial charge < -0.3 is 10.4 Å². The minimum Gasteiger partial charge on any atom is -0.394 e. The molecule has 0 bridgehead atoms. The molecule has 1 aromatic rings. The van der Waals surface area contributed by atoms with Crippen molar-refractivity contribution in [3.05, 3.63) is 18.0 Å². The molecule has 0 aromatic carbocycles. The van der Waals surface area contributed by atoms with E-state index < -0.39 is 6.04 Å². The van der Waals surface area contributed by atoms with Gasteiger partial charge in [0.15, 0.2) is 0 Å². The van der Waals surface area contributed by atoms with Gasteiger partial charge in [0, 0.05) is 20.2 Å². The van der Waals surface area contributed by atoms with E-state index in [1.54, 1.807) is 24.0 Å². The largest absolute Gasteiger partial charge is 0.394 e. The number of aryl methyl sites for hydroxylation is 1. The predicted molar refractivity (Wildman–Crippen MR) is 46.9 cm³/mol. The Morgan fingerprint density at radius 1 is 1.85 bits per heavy atom. The van der Waals surface area contributed by atoms with Crippen LogP contribution in [-0.4, -0.2) is 27.4 Å². The number of aliphatic hydroxyl groups excluding tert-OH is 1. The fourth-order valence-corrected chi connectivity index (χ4v) is 1.08. The SMILES string of the molecule is CC(=O)N[C@H](CO)c1ccn(C)n1. The van der Waals surface area contributed by atoms with Gasteiger partial charge >= 0.3 is 0 Å². The van der Waals surface area contributed by atoms with Crippen LogP contribution in [0.4, 0.5) is 0 Å². The van der Waals surface area contributed by atoms with E-state index in [9.17, 15) is 4.79 Å². The maximum absolute atomic E-state index is 10.7. The summed E-state index contributed by atoms with van der Waals surface area (Å²) in [5.74, 6) is -0.176. The van der Waals surface area contributed by atoms with Crippen LogP contribution in [0, 0.1) is 0 Å². The van der Waals surface area contributed by atoms with Crippen LogP contribution in [0.5, 0.6) is 0 Å². The average Bonchev–Trinajstić information content (AvgIpc) is 2.47. The molecule has 1 rings (SSSR count). The number of nitrogens with zero attached hydrogens (tertiary/aromatic N) is 2. The molecular weight excluding hydrogens is 170 g/mol. The molecule has 0 aliphatic carbocycles. The van der Waals surface area contributed by atoms with Crippen molar-refractivity contribution in [3.8, 4) is 0 Å². The standard InChI is InChI=1S/C8H13N3O2/c1-6(13)9-8(5-12)7-3-4-11(2)10-7/h3-4,8,12H,5H2,1-2H3,(H,9,13)/t8-/m1/s1. The second kappa shape index (κ2) is 4.04. The Balaban J connectivity index is 2.72. The van der Waals surface area contributed by atoms with Gasteiger partial charge in [-0.3, -0.25) is 9.48 Å². The topological polar surface area (TPSA) is 67.2 Å². The van der Waals surface area contributed by atoms with E-state index >= 15 is 0 Å². The molecule has 0 saturated carbocycles. The molecule has 0 saturated heterocycles. The summed E-state index contributed by atoms with van der Waals surface area (Å²) >= 11 is 0. The first-order chi connectivity index (χ1) is 6.13. The first kappa shape index (κ1) is 9.73. The first-order valence-electron chi connectivity index (χ1n) is 4.01. The van der Waals surface area contributed by atoms with Gasteiger partial charge in [-0.25, -0.2) is 0 Å². The molecule has 1 atom stereocenters. The molecule has 0 aliphatic rings. The number of amides is 1. The molecule has 0 fully saturated rings. The minimum absolute atomic E-state index is 0.142. The van der Waals surface area contributed by atoms with Gasteiger partial charge in [0.1, 0.15) is 0 Å². The van der Waals surface area contributed by atoms with Crippen molar-refractivity contribution in [2.24, 2.45) is 7.05 Å². The third-order valence-electron chi connectivity index (χ3n) is 1.65. The summed E-state index contributed by atoms with van der Waals surface area (Å²) in [5, 5.41) is 15.6. The number of carbonyl (C=O) groups excluding carboxylic acids is 1. The van der Waals surface area contributed by atoms with E-state index in [4.69, 9.17) is 5.11 Å². The maximum atomic E-state index is 10.7. The molecule has 0 spiro atoms. The fourth-order valence-electron chi connectivity index (χ4n) is 1.08. The maximum Gasteiger partial charge on any atom is 0.217 e. The molecule has 0 aliphatic heterocycles. The normalized spacial score (nSPS) is 12.5. The van der Waals surface area contributed by atoms with Crippen molar-refractivity contribution >= 4 is 5.91 Å². The lowest BCUT2D eigenvalue weighted by atomic mass is 10.2. The number of aliphatic hydroxyl groups is 1. The quantitative estimate of drug-likeness (QED) is 0.669. The van der Waals surface area contributed by atoms with E-state index in [1.807, 2.05) is 0 Å². The van der Waals surface area contributed by atoms with Crippen molar-refractivity contribution in [2.75, 3.05) is 6.61 Å². The summed E-state index contributed by atoms with van der Waals surface area (Å²) in [6.45, 7) is 1.27. The van der Waals surface area contributed by atoms with Crippen molar-refractivity contribution in [3.63, 3.8) is 0 Å². The van der Waals surface area contributed by atoms with Gasteiger partial charge in [-0.1, -0.05) is 0 Å². The van der Waals surface area contributed by atoms with Gasteiger partial charge in [-0.05, 0) is 6.07 Å². The molecule has 0 radical (unpaired) electrons. The molecule has 5 nitrogen and oxygen atoms in total. The zero-order valence-electron chi connectivity index (χ0n) is 7.69. The Bertz CT molecular complexity index is 295. The molecule has 5 heteroatoms. The van der Waals surface area contributed by atoms with E-state index in [1.165, 1.54) is 6.92 Å². The number of rotatable bonds is 3. The number of aromatic nitrogens is 2. The highest BCUT2D eigenvalue weighted by molar-refractivity contribution is 5.73. The predicted octanol–water partition coefficient (Wildman–Crippen LogP) is -0.410. The minimum atomic E-state index is -0.404. The van der Waals surface area contributed by atoms with Crippen LogP contribution in [-0.2, 0) is 11.8 Å². The zero-order chi connectivity index (χ0) is 9.84. The zero-order valence-corrected chi connectivity index (χ0v) is 7.69. The van der Waals surface area contributed by atoms with Crippen LogP contribution < -0.4 is 5.32 Å². The van der Waals surface area contributed by atoms with Crippen LogP contribution in [0.1, 0.15) is 18.7 Å². The Morgan fingerprint density at radius 3 is 2.92 bits per heavy atom. The third-order valence-corrected chi connectivity index (χ3v) is 1.65. The smallest absolute Gasteiger partial charge is 0.217 e. The van der Waals surface area contributed by atoms with Gasteiger partial charge in [-0.2, -0.15) is 5.10 Å². The highest BCUT2D eigenvalue weighted by Gasteiger charge is 2.13. The number of nitrogens with one attached hydrogen (secondary N) is 1. The van der Waals surface area contributed by atoms with Crippen molar-refractivity contribution in [2.45, 2.75) is 13.0 Å². The van der Waals surface area contributed by atoms with Crippen LogP contribution in [0.25, 0.3) is 0 Å². The lowest BCUT2D eigenvalue weighted by molar-refractivity contribution is -0.120. The summed E-state index contributed by atoms with van der Waals surface area (Å²) in [6, 6.07) is 1.36. The average molecular weight is 183 g/mol. The Morgan fingerprint density at radius 2 is 2.54 bits per heavy atom. The van der Waals surface area contributed by atoms with E-state index in [-0.39, 0.29) is 12.5 Å². The summed E-state index contributed by atoms with van der Waals surface area (Å²) in [6.07, 6.45) is 1.76. The summed E-state index contributed by atoms with van der Waals surface area (Å²) in [5.41, 5.74) is 0.667. The Hall–Kier alpha value is -1.36. The highest BCUT2D eigenvalue weighted by atomic mass is 16.3. The molecule has 2 N–H and O–H groups in total. The number of hydrogen-bond acceptors (Lipinski definition) is 3. The molecule has 1 aromatic heterocycles. The third kappa shape index (κ3) is 2.55. The molecule has 72 valence electrons. The summed E-state index contributed by atoms with van der Waals surface area (Å²) < 4.78 is 1.62. The van der Waals surface area contributed by atoms with E-state index in [2.05, 4.69) is 10.4 Å². The van der Waals surface area contributed by atoms with Crippen molar-refractivity contribution in [1.82, 2.24) is 15.1 Å². The second-order valence-electron chi connectivity index (χ2n) is 2.85. The lowest BCUT2D eigenvalue weighted by Gasteiger charge is -2.11. The van der Waals surface area contributed by atoms with E-state index in [0.717, 1.165) is 0 Å². The van der Waals surface area contributed by atoms with Crippen LogP contribution >= 0.6 is 0 Å². The second-order valence-corrected chi connectivity index (χ2v) is 2.85. The van der Waals surface area contributed by atoms with Crippen molar-refractivity contribution < 1.29 is 9.90 Å². The van der Waals surface area contributed by atoms with Crippen LogP contribution in [0.15, 0.2) is 12.3 Å². The summed E-state index contributed by atoms with van der Waals surface area (Å²) in [7, 11) is 1.78. The molecular formula is C8H13N3O2.